The molecule has 1 amide bonds. The quantitative estimate of drug-likeness (QED) is 0.594. The molecule has 0 fully saturated rings. The van der Waals surface area contributed by atoms with Gasteiger partial charge in [0.25, 0.3) is 11.8 Å². The highest BCUT2D eigenvalue weighted by atomic mass is 19.4. The van der Waals surface area contributed by atoms with Gasteiger partial charge in [0.15, 0.2) is 12.4 Å². The molecule has 0 spiro atoms. The summed E-state index contributed by atoms with van der Waals surface area (Å²) in [5, 5.41) is 6.65. The first-order valence-corrected chi connectivity index (χ1v) is 9.18. The number of carbonyl (C=O) groups is 1. The third-order valence-corrected chi connectivity index (χ3v) is 4.26. The van der Waals surface area contributed by atoms with Gasteiger partial charge in [-0.1, -0.05) is 37.2 Å². The van der Waals surface area contributed by atoms with Crippen LogP contribution in [0.15, 0.2) is 47.0 Å². The van der Waals surface area contributed by atoms with Crippen molar-refractivity contribution >= 4 is 11.6 Å². The number of benzene rings is 2. The molecule has 0 aliphatic rings. The molecule has 30 heavy (non-hydrogen) atoms. The zero-order valence-corrected chi connectivity index (χ0v) is 16.6. The molecule has 3 aromatic rings. The van der Waals surface area contributed by atoms with Crippen molar-refractivity contribution < 1.29 is 27.2 Å². The summed E-state index contributed by atoms with van der Waals surface area (Å²) in [5.41, 5.74) is 0.916. The lowest BCUT2D eigenvalue weighted by molar-refractivity contribution is -0.137. The SMILES string of the molecule is Cc1cccc(-c2nc(C(C)C)no2)c1NC(=O)COc1cccc(C(F)(F)F)c1. The maximum absolute atomic E-state index is 12.8. The molecule has 1 N–H and O–H groups in total. The summed E-state index contributed by atoms with van der Waals surface area (Å²) in [5.74, 6) is 0.286. The number of rotatable bonds is 6. The van der Waals surface area contributed by atoms with Gasteiger partial charge in [0.05, 0.1) is 16.8 Å². The van der Waals surface area contributed by atoms with Gasteiger partial charge < -0.3 is 14.6 Å². The van der Waals surface area contributed by atoms with E-state index in [0.717, 1.165) is 17.7 Å². The molecule has 1 aromatic heterocycles. The Hall–Kier alpha value is -3.36. The van der Waals surface area contributed by atoms with Gasteiger partial charge in [-0.15, -0.1) is 0 Å². The van der Waals surface area contributed by atoms with Crippen molar-refractivity contribution in [3.8, 4) is 17.2 Å². The number of hydrogen-bond donors (Lipinski definition) is 1. The van der Waals surface area contributed by atoms with Crippen molar-refractivity contribution in [1.29, 1.82) is 0 Å². The van der Waals surface area contributed by atoms with Crippen LogP contribution in [0.4, 0.5) is 18.9 Å². The lowest BCUT2D eigenvalue weighted by Crippen LogP contribution is -2.21. The Bertz CT molecular complexity index is 1050. The molecule has 158 valence electrons. The van der Waals surface area contributed by atoms with Crippen LogP contribution in [0.5, 0.6) is 5.75 Å². The standard InChI is InChI=1S/C21H20F3N3O3/c1-12(2)19-26-20(30-27-19)16-9-4-6-13(3)18(16)25-17(28)11-29-15-8-5-7-14(10-15)21(22,23)24/h4-10,12H,11H2,1-3H3,(H,25,28). The molecule has 0 atom stereocenters. The number of nitrogens with one attached hydrogen (secondary N) is 1. The van der Waals surface area contributed by atoms with Gasteiger partial charge in [-0.3, -0.25) is 4.79 Å². The summed E-state index contributed by atoms with van der Waals surface area (Å²) in [4.78, 5) is 16.7. The number of aryl methyl sites for hydroxylation is 1. The fourth-order valence-corrected chi connectivity index (χ4v) is 2.68. The van der Waals surface area contributed by atoms with Gasteiger partial charge in [-0.2, -0.15) is 18.2 Å². The average Bonchev–Trinajstić information content (AvgIpc) is 3.18. The van der Waals surface area contributed by atoms with E-state index in [9.17, 15) is 18.0 Å². The summed E-state index contributed by atoms with van der Waals surface area (Å²) >= 11 is 0. The second-order valence-corrected chi connectivity index (χ2v) is 6.97. The van der Waals surface area contributed by atoms with E-state index in [1.807, 2.05) is 13.8 Å². The molecule has 1 heterocycles. The second kappa shape index (κ2) is 8.56. The topological polar surface area (TPSA) is 77.3 Å². The zero-order chi connectivity index (χ0) is 21.9. The van der Waals surface area contributed by atoms with Crippen LogP contribution in [0.1, 0.15) is 36.7 Å². The number of amides is 1. The lowest BCUT2D eigenvalue weighted by Gasteiger charge is -2.13. The minimum Gasteiger partial charge on any atom is -0.484 e. The van der Waals surface area contributed by atoms with Gasteiger partial charge in [-0.25, -0.2) is 0 Å². The van der Waals surface area contributed by atoms with Crippen molar-refractivity contribution in [2.45, 2.75) is 32.9 Å². The minimum absolute atomic E-state index is 0.0524. The molecule has 0 bridgehead atoms. The Morgan fingerprint density at radius 3 is 2.60 bits per heavy atom. The van der Waals surface area contributed by atoms with Crippen LogP contribution in [0.25, 0.3) is 11.5 Å². The molecular weight excluding hydrogens is 399 g/mol. The van der Waals surface area contributed by atoms with Gasteiger partial charge in [-0.05, 0) is 36.8 Å². The molecule has 2 aromatic carbocycles. The number of hydrogen-bond acceptors (Lipinski definition) is 5. The first-order valence-electron chi connectivity index (χ1n) is 9.18. The average molecular weight is 419 g/mol. The van der Waals surface area contributed by atoms with Crippen molar-refractivity contribution in [2.75, 3.05) is 11.9 Å². The Balaban J connectivity index is 1.74. The van der Waals surface area contributed by atoms with E-state index in [1.54, 1.807) is 25.1 Å². The minimum atomic E-state index is -4.49. The van der Waals surface area contributed by atoms with E-state index in [2.05, 4.69) is 15.5 Å². The maximum Gasteiger partial charge on any atom is 0.416 e. The number of aromatic nitrogens is 2. The first-order chi connectivity index (χ1) is 14.1. The maximum atomic E-state index is 12.8. The number of anilines is 1. The first kappa shape index (κ1) is 21.4. The largest absolute Gasteiger partial charge is 0.484 e. The molecule has 9 heteroatoms. The van der Waals surface area contributed by atoms with Gasteiger partial charge >= 0.3 is 6.18 Å². The van der Waals surface area contributed by atoms with Crippen molar-refractivity contribution in [1.82, 2.24) is 10.1 Å². The smallest absolute Gasteiger partial charge is 0.416 e. The van der Waals surface area contributed by atoms with Crippen molar-refractivity contribution in [3.63, 3.8) is 0 Å². The summed E-state index contributed by atoms with van der Waals surface area (Å²) in [6, 6.07) is 9.67. The third-order valence-electron chi connectivity index (χ3n) is 4.26. The van der Waals surface area contributed by atoms with Gasteiger partial charge in [0, 0.05) is 5.92 Å². The molecule has 0 unspecified atom stereocenters. The fourth-order valence-electron chi connectivity index (χ4n) is 2.68. The highest BCUT2D eigenvalue weighted by Gasteiger charge is 2.30. The number of alkyl halides is 3. The molecule has 0 saturated heterocycles. The Morgan fingerprint density at radius 1 is 1.20 bits per heavy atom. The molecule has 0 radical (unpaired) electrons. The highest BCUT2D eigenvalue weighted by Crippen LogP contribution is 2.32. The van der Waals surface area contributed by atoms with E-state index in [-0.39, 0.29) is 17.6 Å². The normalized spacial score (nSPS) is 11.6. The lowest BCUT2D eigenvalue weighted by atomic mass is 10.1. The van der Waals surface area contributed by atoms with Crippen LogP contribution < -0.4 is 10.1 Å². The van der Waals surface area contributed by atoms with Gasteiger partial charge in [0.2, 0.25) is 0 Å². The number of nitrogens with zero attached hydrogens (tertiary/aromatic N) is 2. The fraction of sp³-hybridized carbons (Fsp3) is 0.286. The zero-order valence-electron chi connectivity index (χ0n) is 16.6. The number of para-hydroxylation sites is 1. The van der Waals surface area contributed by atoms with E-state index in [4.69, 9.17) is 9.26 Å². The summed E-state index contributed by atoms with van der Waals surface area (Å²) < 4.78 is 49.0. The molecular formula is C21H20F3N3O3. The van der Waals surface area contributed by atoms with E-state index in [1.165, 1.54) is 12.1 Å². The molecule has 0 saturated carbocycles. The third kappa shape index (κ3) is 4.97. The van der Waals surface area contributed by atoms with Crippen LogP contribution in [0, 0.1) is 6.92 Å². The van der Waals surface area contributed by atoms with Crippen LogP contribution in [-0.2, 0) is 11.0 Å². The predicted octanol–water partition coefficient (Wildman–Crippen LogP) is 5.20. The molecule has 6 nitrogen and oxygen atoms in total. The second-order valence-electron chi connectivity index (χ2n) is 6.97. The van der Waals surface area contributed by atoms with Crippen molar-refractivity contribution in [3.05, 3.63) is 59.4 Å². The summed E-state index contributed by atoms with van der Waals surface area (Å²) in [7, 11) is 0. The molecule has 0 aliphatic carbocycles. The highest BCUT2D eigenvalue weighted by molar-refractivity contribution is 5.96. The van der Waals surface area contributed by atoms with Gasteiger partial charge in [0.1, 0.15) is 5.75 Å². The van der Waals surface area contributed by atoms with Crippen LogP contribution >= 0.6 is 0 Å². The van der Waals surface area contributed by atoms with E-state index in [0.29, 0.717) is 17.1 Å². The summed E-state index contributed by atoms with van der Waals surface area (Å²) in [6.45, 7) is 5.19. The Labute approximate surface area is 171 Å². The predicted molar refractivity (Wildman–Crippen MR) is 104 cm³/mol. The number of carbonyl (C=O) groups excluding carboxylic acids is 1. The van der Waals surface area contributed by atoms with E-state index >= 15 is 0 Å². The van der Waals surface area contributed by atoms with Crippen LogP contribution in [-0.4, -0.2) is 22.7 Å². The van der Waals surface area contributed by atoms with E-state index < -0.39 is 24.3 Å². The monoisotopic (exact) mass is 419 g/mol. The van der Waals surface area contributed by atoms with Crippen molar-refractivity contribution in [2.24, 2.45) is 0 Å². The van der Waals surface area contributed by atoms with Crippen LogP contribution in [0.2, 0.25) is 0 Å². The number of ether oxygens (including phenoxy) is 1. The number of halogens is 3. The van der Waals surface area contributed by atoms with Crippen LogP contribution in [0.3, 0.4) is 0 Å². The molecule has 3 rings (SSSR count). The summed E-state index contributed by atoms with van der Waals surface area (Å²) in [6.07, 6.45) is -4.49. The molecule has 0 aliphatic heterocycles. The Kier molecular flexibility index (Phi) is 6.09. The Morgan fingerprint density at radius 2 is 1.93 bits per heavy atom.